The van der Waals surface area contributed by atoms with E-state index in [-0.39, 0.29) is 11.8 Å². The third kappa shape index (κ3) is 12.5. The number of carbonyl (C=O) groups is 2. The highest BCUT2D eigenvalue weighted by Gasteiger charge is 2.03. The van der Waals surface area contributed by atoms with Crippen molar-refractivity contribution in [2.24, 2.45) is 0 Å². The van der Waals surface area contributed by atoms with Gasteiger partial charge in [-0.3, -0.25) is 9.59 Å². The van der Waals surface area contributed by atoms with E-state index in [0.29, 0.717) is 25.9 Å². The summed E-state index contributed by atoms with van der Waals surface area (Å²) in [6.07, 6.45) is 12.9. The van der Waals surface area contributed by atoms with Crippen molar-refractivity contribution in [1.82, 2.24) is 10.6 Å². The van der Waals surface area contributed by atoms with Gasteiger partial charge in [-0.15, -0.1) is 0 Å². The molecule has 0 aliphatic carbocycles. The number of unbranched alkanes of at least 4 members (excludes halogenated alkanes) is 8. The lowest BCUT2D eigenvalue weighted by molar-refractivity contribution is -0.122. The first-order valence-electron chi connectivity index (χ1n) is 11.3. The molecule has 4 nitrogen and oxygen atoms in total. The summed E-state index contributed by atoms with van der Waals surface area (Å²) in [4.78, 5) is 23.8. The van der Waals surface area contributed by atoms with Crippen LogP contribution in [-0.2, 0) is 22.7 Å². The third-order valence-electron chi connectivity index (χ3n) is 5.02. The van der Waals surface area contributed by atoms with Crippen LogP contribution in [0.1, 0.15) is 102 Å². The number of nitrogens with one attached hydrogen (secondary N) is 2. The second kappa shape index (κ2) is 16.1. The molecule has 1 rings (SSSR count). The van der Waals surface area contributed by atoms with Gasteiger partial charge in [0.15, 0.2) is 0 Å². The van der Waals surface area contributed by atoms with Crippen molar-refractivity contribution in [3.63, 3.8) is 0 Å². The van der Waals surface area contributed by atoms with Crippen molar-refractivity contribution >= 4 is 11.8 Å². The van der Waals surface area contributed by atoms with Crippen LogP contribution in [0.3, 0.4) is 0 Å². The van der Waals surface area contributed by atoms with E-state index in [9.17, 15) is 9.59 Å². The van der Waals surface area contributed by atoms with Crippen LogP contribution >= 0.6 is 0 Å². The Balaban J connectivity index is 2.15. The number of amides is 2. The molecule has 1 aromatic rings. The minimum Gasteiger partial charge on any atom is -0.352 e. The monoisotopic (exact) mass is 388 g/mol. The van der Waals surface area contributed by atoms with E-state index in [4.69, 9.17) is 0 Å². The molecule has 1 aromatic carbocycles. The predicted molar refractivity (Wildman–Crippen MR) is 117 cm³/mol. The van der Waals surface area contributed by atoms with Gasteiger partial charge >= 0.3 is 0 Å². The van der Waals surface area contributed by atoms with Gasteiger partial charge in [0.25, 0.3) is 0 Å². The first-order chi connectivity index (χ1) is 13.7. The molecular weight excluding hydrogens is 348 g/mol. The Morgan fingerprint density at radius 1 is 0.607 bits per heavy atom. The van der Waals surface area contributed by atoms with Gasteiger partial charge in [0, 0.05) is 25.9 Å². The van der Waals surface area contributed by atoms with Gasteiger partial charge in [0.2, 0.25) is 11.8 Å². The zero-order chi connectivity index (χ0) is 20.5. The van der Waals surface area contributed by atoms with Crippen LogP contribution < -0.4 is 10.6 Å². The molecule has 0 aromatic heterocycles. The van der Waals surface area contributed by atoms with Crippen LogP contribution in [-0.4, -0.2) is 11.8 Å². The Morgan fingerprint density at radius 3 is 1.32 bits per heavy atom. The Morgan fingerprint density at radius 2 is 0.964 bits per heavy atom. The maximum Gasteiger partial charge on any atom is 0.220 e. The molecule has 0 unspecified atom stereocenters. The summed E-state index contributed by atoms with van der Waals surface area (Å²) in [6, 6.07) is 8.09. The molecule has 0 atom stereocenters. The van der Waals surface area contributed by atoms with Crippen LogP contribution in [0.4, 0.5) is 0 Å². The fraction of sp³-hybridized carbons (Fsp3) is 0.667. The summed E-state index contributed by atoms with van der Waals surface area (Å²) in [5.74, 6) is 0.263. The van der Waals surface area contributed by atoms with Crippen molar-refractivity contribution < 1.29 is 9.59 Å². The quantitative estimate of drug-likeness (QED) is 0.360. The molecule has 0 fully saturated rings. The highest BCUT2D eigenvalue weighted by Crippen LogP contribution is 2.08. The minimum absolute atomic E-state index is 0.131. The topological polar surface area (TPSA) is 58.2 Å². The average Bonchev–Trinajstić information content (AvgIpc) is 2.71. The summed E-state index contributed by atoms with van der Waals surface area (Å²) in [5.41, 5.74) is 2.18. The van der Waals surface area contributed by atoms with Gasteiger partial charge < -0.3 is 10.6 Å². The highest BCUT2D eigenvalue weighted by molar-refractivity contribution is 5.76. The van der Waals surface area contributed by atoms with E-state index in [1.165, 1.54) is 38.5 Å². The van der Waals surface area contributed by atoms with E-state index in [1.807, 2.05) is 24.3 Å². The molecule has 28 heavy (non-hydrogen) atoms. The summed E-state index contributed by atoms with van der Waals surface area (Å²) in [5, 5.41) is 5.98. The number of benzene rings is 1. The van der Waals surface area contributed by atoms with Gasteiger partial charge in [-0.2, -0.15) is 0 Å². The van der Waals surface area contributed by atoms with E-state index in [0.717, 1.165) is 36.8 Å². The number of carbonyl (C=O) groups excluding carboxylic acids is 2. The molecule has 4 heteroatoms. The van der Waals surface area contributed by atoms with Crippen molar-refractivity contribution in [3.8, 4) is 0 Å². The standard InChI is InChI=1S/C24H40N2O2/c1-3-5-7-9-11-13-23(27)25-19-21-15-17-22(18-16-21)20-26-24(28)14-12-10-8-6-4-2/h15-18H,3-14,19-20H2,1-2H3,(H,25,27)(H,26,28). The molecule has 158 valence electrons. The number of hydrogen-bond donors (Lipinski definition) is 2. The van der Waals surface area contributed by atoms with Gasteiger partial charge in [-0.25, -0.2) is 0 Å². The zero-order valence-electron chi connectivity index (χ0n) is 18.0. The summed E-state index contributed by atoms with van der Waals surface area (Å²) >= 11 is 0. The molecule has 0 aliphatic heterocycles. The van der Waals surface area contributed by atoms with E-state index in [2.05, 4.69) is 24.5 Å². The van der Waals surface area contributed by atoms with Crippen LogP contribution in [0.5, 0.6) is 0 Å². The van der Waals surface area contributed by atoms with Gasteiger partial charge in [0.05, 0.1) is 0 Å². The Kier molecular flexibility index (Phi) is 14.0. The lowest BCUT2D eigenvalue weighted by Gasteiger charge is -2.08. The van der Waals surface area contributed by atoms with Crippen LogP contribution in [0, 0.1) is 0 Å². The first-order valence-corrected chi connectivity index (χ1v) is 11.3. The van der Waals surface area contributed by atoms with E-state index in [1.54, 1.807) is 0 Å². The lowest BCUT2D eigenvalue weighted by atomic mass is 10.1. The second-order valence-electron chi connectivity index (χ2n) is 7.70. The smallest absolute Gasteiger partial charge is 0.220 e. The first kappa shape index (κ1) is 24.2. The molecule has 2 N–H and O–H groups in total. The normalized spacial score (nSPS) is 10.6. The van der Waals surface area contributed by atoms with Crippen LogP contribution in [0.2, 0.25) is 0 Å². The number of rotatable bonds is 16. The fourth-order valence-electron chi connectivity index (χ4n) is 3.13. The highest BCUT2D eigenvalue weighted by atomic mass is 16.2. The predicted octanol–water partition coefficient (Wildman–Crippen LogP) is 5.64. The molecule has 2 amide bonds. The molecule has 0 bridgehead atoms. The third-order valence-corrected chi connectivity index (χ3v) is 5.02. The largest absolute Gasteiger partial charge is 0.352 e. The van der Waals surface area contributed by atoms with Gasteiger partial charge in [-0.1, -0.05) is 89.5 Å². The average molecular weight is 389 g/mol. The Hall–Kier alpha value is -1.84. The van der Waals surface area contributed by atoms with Crippen molar-refractivity contribution in [3.05, 3.63) is 35.4 Å². The fourth-order valence-corrected chi connectivity index (χ4v) is 3.13. The van der Waals surface area contributed by atoms with Crippen molar-refractivity contribution in [2.45, 2.75) is 104 Å². The molecule has 0 radical (unpaired) electrons. The Bertz CT molecular complexity index is 491. The molecule has 0 spiro atoms. The maximum absolute atomic E-state index is 11.9. The van der Waals surface area contributed by atoms with E-state index >= 15 is 0 Å². The van der Waals surface area contributed by atoms with Gasteiger partial charge in [-0.05, 0) is 24.0 Å². The number of hydrogen-bond acceptors (Lipinski definition) is 2. The summed E-state index contributed by atoms with van der Waals surface area (Å²) < 4.78 is 0. The minimum atomic E-state index is 0.131. The summed E-state index contributed by atoms with van der Waals surface area (Å²) in [7, 11) is 0. The Labute approximate surface area is 171 Å². The molecule has 0 heterocycles. The SMILES string of the molecule is CCCCCCCC(=O)NCc1ccc(CNC(=O)CCCCCCC)cc1. The molecule has 0 saturated heterocycles. The van der Waals surface area contributed by atoms with Gasteiger partial charge in [0.1, 0.15) is 0 Å². The molecular formula is C24H40N2O2. The summed E-state index contributed by atoms with van der Waals surface area (Å²) in [6.45, 7) is 5.53. The van der Waals surface area contributed by atoms with E-state index < -0.39 is 0 Å². The zero-order valence-corrected chi connectivity index (χ0v) is 18.0. The van der Waals surface area contributed by atoms with Crippen LogP contribution in [0.15, 0.2) is 24.3 Å². The molecule has 0 saturated carbocycles. The lowest BCUT2D eigenvalue weighted by Crippen LogP contribution is -2.23. The van der Waals surface area contributed by atoms with Crippen molar-refractivity contribution in [2.75, 3.05) is 0 Å². The second-order valence-corrected chi connectivity index (χ2v) is 7.70. The van der Waals surface area contributed by atoms with Crippen molar-refractivity contribution in [1.29, 1.82) is 0 Å². The van der Waals surface area contributed by atoms with Crippen LogP contribution in [0.25, 0.3) is 0 Å². The molecule has 0 aliphatic rings. The maximum atomic E-state index is 11.9.